The SMILES string of the molecule is CN(C)C(=O)Cn1ccc2c(CNC3CC3)cccc21. The smallest absolute Gasteiger partial charge is 0.241 e. The van der Waals surface area contributed by atoms with Crippen LogP contribution in [0.1, 0.15) is 18.4 Å². The van der Waals surface area contributed by atoms with Gasteiger partial charge in [-0.1, -0.05) is 12.1 Å². The molecule has 3 rings (SSSR count). The topological polar surface area (TPSA) is 37.3 Å². The van der Waals surface area contributed by atoms with Crippen LogP contribution in [0, 0.1) is 0 Å². The van der Waals surface area contributed by atoms with E-state index < -0.39 is 0 Å². The first-order valence-electron chi connectivity index (χ1n) is 7.15. The highest BCUT2D eigenvalue weighted by atomic mass is 16.2. The van der Waals surface area contributed by atoms with Crippen molar-refractivity contribution >= 4 is 16.8 Å². The van der Waals surface area contributed by atoms with Crippen LogP contribution in [0.15, 0.2) is 30.5 Å². The number of rotatable bonds is 5. The van der Waals surface area contributed by atoms with Gasteiger partial charge in [-0.15, -0.1) is 0 Å². The second-order valence-corrected chi connectivity index (χ2v) is 5.74. The second kappa shape index (κ2) is 5.29. The minimum atomic E-state index is 0.115. The number of carbonyl (C=O) groups is 1. The van der Waals surface area contributed by atoms with Gasteiger partial charge in [-0.2, -0.15) is 0 Å². The molecule has 4 heteroatoms. The molecular formula is C16H21N3O. The number of amides is 1. The summed E-state index contributed by atoms with van der Waals surface area (Å²) in [5.74, 6) is 0.115. The Labute approximate surface area is 119 Å². The quantitative estimate of drug-likeness (QED) is 0.903. The predicted octanol–water partition coefficient (Wildman–Crippen LogP) is 1.98. The van der Waals surface area contributed by atoms with Gasteiger partial charge in [-0.05, 0) is 30.5 Å². The Morgan fingerprint density at radius 3 is 2.85 bits per heavy atom. The summed E-state index contributed by atoms with van der Waals surface area (Å²) in [5.41, 5.74) is 2.45. The van der Waals surface area contributed by atoms with Gasteiger partial charge in [0.15, 0.2) is 0 Å². The van der Waals surface area contributed by atoms with E-state index in [9.17, 15) is 4.79 Å². The molecule has 1 aliphatic rings. The molecule has 1 aliphatic carbocycles. The Morgan fingerprint density at radius 1 is 1.35 bits per heavy atom. The Kier molecular flexibility index (Phi) is 3.49. The summed E-state index contributed by atoms with van der Waals surface area (Å²) in [6.07, 6.45) is 4.61. The van der Waals surface area contributed by atoms with Gasteiger partial charge in [0.2, 0.25) is 5.91 Å². The maximum absolute atomic E-state index is 11.9. The number of hydrogen-bond acceptors (Lipinski definition) is 2. The molecule has 0 unspecified atom stereocenters. The zero-order valence-electron chi connectivity index (χ0n) is 12.1. The summed E-state index contributed by atoms with van der Waals surface area (Å²) in [5, 5.41) is 4.79. The van der Waals surface area contributed by atoms with Crippen LogP contribution in [0.25, 0.3) is 10.9 Å². The third-order valence-electron chi connectivity index (χ3n) is 3.87. The number of benzene rings is 1. The van der Waals surface area contributed by atoms with E-state index in [0.29, 0.717) is 12.6 Å². The Bertz CT molecular complexity index is 626. The molecule has 0 spiro atoms. The van der Waals surface area contributed by atoms with E-state index in [1.165, 1.54) is 23.8 Å². The van der Waals surface area contributed by atoms with E-state index in [1.54, 1.807) is 19.0 Å². The van der Waals surface area contributed by atoms with Crippen LogP contribution in [0.4, 0.5) is 0 Å². The molecule has 2 aromatic rings. The van der Waals surface area contributed by atoms with Gasteiger partial charge in [0.05, 0.1) is 0 Å². The van der Waals surface area contributed by atoms with Gasteiger partial charge in [0, 0.05) is 43.8 Å². The highest BCUT2D eigenvalue weighted by molar-refractivity contribution is 5.85. The monoisotopic (exact) mass is 271 g/mol. The first-order chi connectivity index (χ1) is 9.65. The van der Waals surface area contributed by atoms with Crippen LogP contribution in [0.3, 0.4) is 0 Å². The fraction of sp³-hybridized carbons (Fsp3) is 0.438. The minimum absolute atomic E-state index is 0.115. The lowest BCUT2D eigenvalue weighted by Gasteiger charge is -2.12. The number of likely N-dealkylation sites (N-methyl/N-ethyl adjacent to an activating group) is 1. The van der Waals surface area contributed by atoms with Crippen molar-refractivity contribution in [3.8, 4) is 0 Å². The Balaban J connectivity index is 1.84. The third kappa shape index (κ3) is 2.70. The average Bonchev–Trinajstić information content (AvgIpc) is 3.17. The number of carbonyl (C=O) groups excluding carboxylic acids is 1. The number of hydrogen-bond donors (Lipinski definition) is 1. The fourth-order valence-electron chi connectivity index (χ4n) is 2.41. The van der Waals surface area contributed by atoms with E-state index >= 15 is 0 Å². The number of nitrogens with zero attached hydrogens (tertiary/aromatic N) is 2. The van der Waals surface area contributed by atoms with Crippen LogP contribution in [0.2, 0.25) is 0 Å². The van der Waals surface area contributed by atoms with Gasteiger partial charge < -0.3 is 14.8 Å². The summed E-state index contributed by atoms with van der Waals surface area (Å²) in [6.45, 7) is 1.31. The van der Waals surface area contributed by atoms with Gasteiger partial charge in [-0.25, -0.2) is 0 Å². The van der Waals surface area contributed by atoms with E-state index in [1.807, 2.05) is 10.8 Å². The molecule has 1 saturated carbocycles. The van der Waals surface area contributed by atoms with Crippen molar-refractivity contribution in [1.82, 2.24) is 14.8 Å². The maximum atomic E-state index is 11.9. The van der Waals surface area contributed by atoms with Crippen LogP contribution >= 0.6 is 0 Å². The first-order valence-corrected chi connectivity index (χ1v) is 7.15. The standard InChI is InChI=1S/C16H21N3O/c1-18(2)16(20)11-19-9-8-14-12(4-3-5-15(14)19)10-17-13-6-7-13/h3-5,8-9,13,17H,6-7,10-11H2,1-2H3. The normalized spacial score (nSPS) is 14.7. The molecule has 106 valence electrons. The summed E-state index contributed by atoms with van der Waals surface area (Å²) in [7, 11) is 3.58. The molecule has 0 atom stereocenters. The van der Waals surface area contributed by atoms with Crippen molar-refractivity contribution in [1.29, 1.82) is 0 Å². The minimum Gasteiger partial charge on any atom is -0.347 e. The maximum Gasteiger partial charge on any atom is 0.241 e. The summed E-state index contributed by atoms with van der Waals surface area (Å²) < 4.78 is 2.03. The van der Waals surface area contributed by atoms with Crippen molar-refractivity contribution < 1.29 is 4.79 Å². The summed E-state index contributed by atoms with van der Waals surface area (Å²) in [6, 6.07) is 9.14. The van der Waals surface area contributed by atoms with Gasteiger partial charge >= 0.3 is 0 Å². The molecule has 1 N–H and O–H groups in total. The van der Waals surface area contributed by atoms with E-state index in [0.717, 1.165) is 12.1 Å². The molecule has 20 heavy (non-hydrogen) atoms. The van der Waals surface area contributed by atoms with Crippen molar-refractivity contribution in [3.63, 3.8) is 0 Å². The van der Waals surface area contributed by atoms with Crippen LogP contribution in [-0.2, 0) is 17.9 Å². The number of fused-ring (bicyclic) bond motifs is 1. The predicted molar refractivity (Wildman–Crippen MR) is 80.5 cm³/mol. The van der Waals surface area contributed by atoms with E-state index in [4.69, 9.17) is 0 Å². The Hall–Kier alpha value is -1.81. The second-order valence-electron chi connectivity index (χ2n) is 5.74. The molecule has 4 nitrogen and oxygen atoms in total. The average molecular weight is 271 g/mol. The van der Waals surface area contributed by atoms with Crippen molar-refractivity contribution in [2.24, 2.45) is 0 Å². The molecule has 0 saturated heterocycles. The molecule has 0 radical (unpaired) electrons. The van der Waals surface area contributed by atoms with Crippen molar-refractivity contribution in [3.05, 3.63) is 36.0 Å². The van der Waals surface area contributed by atoms with Gasteiger partial charge in [-0.3, -0.25) is 4.79 Å². The van der Waals surface area contributed by atoms with E-state index in [-0.39, 0.29) is 5.91 Å². The molecule has 1 fully saturated rings. The summed E-state index contributed by atoms with van der Waals surface area (Å²) in [4.78, 5) is 13.5. The third-order valence-corrected chi connectivity index (χ3v) is 3.87. The molecule has 1 amide bonds. The Morgan fingerprint density at radius 2 is 2.15 bits per heavy atom. The number of aromatic nitrogens is 1. The molecule has 1 aromatic carbocycles. The van der Waals surface area contributed by atoms with Gasteiger partial charge in [0.25, 0.3) is 0 Å². The highest BCUT2D eigenvalue weighted by Gasteiger charge is 2.20. The van der Waals surface area contributed by atoms with E-state index in [2.05, 4.69) is 29.6 Å². The molecule has 0 bridgehead atoms. The lowest BCUT2D eigenvalue weighted by molar-refractivity contribution is -0.129. The summed E-state index contributed by atoms with van der Waals surface area (Å²) >= 11 is 0. The molecule has 0 aliphatic heterocycles. The van der Waals surface area contributed by atoms with Crippen molar-refractivity contribution in [2.45, 2.75) is 32.0 Å². The molecule has 1 heterocycles. The zero-order valence-corrected chi connectivity index (χ0v) is 12.1. The highest BCUT2D eigenvalue weighted by Crippen LogP contribution is 2.23. The molecular weight excluding hydrogens is 250 g/mol. The van der Waals surface area contributed by atoms with Crippen LogP contribution in [-0.4, -0.2) is 35.5 Å². The van der Waals surface area contributed by atoms with Crippen LogP contribution < -0.4 is 5.32 Å². The lowest BCUT2D eigenvalue weighted by Crippen LogP contribution is -2.25. The lowest BCUT2D eigenvalue weighted by atomic mass is 10.1. The van der Waals surface area contributed by atoms with Crippen LogP contribution in [0.5, 0.6) is 0 Å². The number of nitrogens with one attached hydrogen (secondary N) is 1. The largest absolute Gasteiger partial charge is 0.347 e. The zero-order chi connectivity index (χ0) is 14.1. The fourth-order valence-corrected chi connectivity index (χ4v) is 2.41. The first kappa shape index (κ1) is 13.2. The van der Waals surface area contributed by atoms with Gasteiger partial charge in [0.1, 0.15) is 6.54 Å². The molecule has 1 aromatic heterocycles. The van der Waals surface area contributed by atoms with Crippen molar-refractivity contribution in [2.75, 3.05) is 14.1 Å².